The van der Waals surface area contributed by atoms with Gasteiger partial charge in [-0.1, -0.05) is 6.92 Å². The van der Waals surface area contributed by atoms with Crippen LogP contribution in [0.4, 0.5) is 0 Å². The largest absolute Gasteiger partial charge is 0.379 e. The van der Waals surface area contributed by atoms with E-state index in [1.54, 1.807) is 0 Å². The van der Waals surface area contributed by atoms with Gasteiger partial charge in [0.05, 0.1) is 19.8 Å². The second kappa shape index (κ2) is 13.3. The molecule has 1 aliphatic rings. The Morgan fingerprint density at radius 2 is 1.95 bits per heavy atom. The van der Waals surface area contributed by atoms with Crippen LogP contribution in [0.25, 0.3) is 0 Å². The second-order valence-electron chi connectivity index (χ2n) is 5.54. The number of guanidine groups is 1. The van der Waals surface area contributed by atoms with E-state index in [0.29, 0.717) is 6.04 Å². The number of ether oxygens (including phenoxy) is 1. The molecule has 0 aromatic heterocycles. The van der Waals surface area contributed by atoms with Gasteiger partial charge in [-0.2, -0.15) is 0 Å². The van der Waals surface area contributed by atoms with E-state index in [1.807, 2.05) is 0 Å². The van der Waals surface area contributed by atoms with Crippen LogP contribution < -0.4 is 10.6 Å². The summed E-state index contributed by atoms with van der Waals surface area (Å²) in [5.41, 5.74) is 0. The lowest BCUT2D eigenvalue weighted by Crippen LogP contribution is -2.45. The van der Waals surface area contributed by atoms with Gasteiger partial charge in [0.15, 0.2) is 5.96 Å². The Hall–Kier alpha value is -0.120. The Labute approximate surface area is 153 Å². The fourth-order valence-corrected chi connectivity index (χ4v) is 2.22. The van der Waals surface area contributed by atoms with Crippen molar-refractivity contribution in [1.82, 2.24) is 20.4 Å². The first-order valence-corrected chi connectivity index (χ1v) is 8.19. The number of hydrogen-bond acceptors (Lipinski definition) is 4. The van der Waals surface area contributed by atoms with E-state index in [1.165, 1.54) is 0 Å². The fourth-order valence-electron chi connectivity index (χ4n) is 2.22. The Morgan fingerprint density at radius 3 is 2.55 bits per heavy atom. The van der Waals surface area contributed by atoms with Crippen LogP contribution in [-0.4, -0.2) is 87.9 Å². The zero-order chi connectivity index (χ0) is 15.5. The molecule has 0 radical (unpaired) electrons. The van der Waals surface area contributed by atoms with Crippen LogP contribution in [0.1, 0.15) is 20.8 Å². The Balaban J connectivity index is 0.00000441. The summed E-state index contributed by atoms with van der Waals surface area (Å²) in [6.45, 7) is 15.0. The highest BCUT2D eigenvalue weighted by Gasteiger charge is 2.16. The molecule has 0 aliphatic carbocycles. The predicted octanol–water partition coefficient (Wildman–Crippen LogP) is 0.832. The molecule has 1 unspecified atom stereocenters. The van der Waals surface area contributed by atoms with Gasteiger partial charge < -0.3 is 20.3 Å². The van der Waals surface area contributed by atoms with E-state index < -0.39 is 0 Å². The minimum atomic E-state index is 0. The first-order chi connectivity index (χ1) is 10.2. The first kappa shape index (κ1) is 21.9. The SMILES string of the molecule is CCNC(=NCC(C)N1CCOCC1)NCCN(C)CC.I. The number of morpholine rings is 1. The minimum Gasteiger partial charge on any atom is -0.379 e. The van der Waals surface area contributed by atoms with Crippen molar-refractivity contribution in [2.75, 3.05) is 66.1 Å². The van der Waals surface area contributed by atoms with E-state index in [2.05, 4.69) is 48.3 Å². The van der Waals surface area contributed by atoms with Crippen molar-refractivity contribution in [2.45, 2.75) is 26.8 Å². The van der Waals surface area contributed by atoms with Crippen LogP contribution in [0.5, 0.6) is 0 Å². The van der Waals surface area contributed by atoms with Crippen LogP contribution in [0, 0.1) is 0 Å². The molecule has 132 valence electrons. The van der Waals surface area contributed by atoms with E-state index in [0.717, 1.165) is 65.0 Å². The lowest BCUT2D eigenvalue weighted by atomic mass is 10.2. The number of rotatable bonds is 8. The third-order valence-corrected chi connectivity index (χ3v) is 3.85. The van der Waals surface area contributed by atoms with Crippen molar-refractivity contribution in [3.63, 3.8) is 0 Å². The normalized spacial score (nSPS) is 18.0. The smallest absolute Gasteiger partial charge is 0.191 e. The van der Waals surface area contributed by atoms with Gasteiger partial charge in [0.25, 0.3) is 0 Å². The molecular formula is C15H34IN5O. The maximum Gasteiger partial charge on any atom is 0.191 e. The molecule has 1 heterocycles. The molecule has 6 nitrogen and oxygen atoms in total. The van der Waals surface area contributed by atoms with Gasteiger partial charge in [0.2, 0.25) is 0 Å². The highest BCUT2D eigenvalue weighted by Crippen LogP contribution is 2.03. The number of hydrogen-bond donors (Lipinski definition) is 2. The molecule has 22 heavy (non-hydrogen) atoms. The topological polar surface area (TPSA) is 52.1 Å². The van der Waals surface area contributed by atoms with Gasteiger partial charge in [-0.15, -0.1) is 24.0 Å². The van der Waals surface area contributed by atoms with Crippen molar-refractivity contribution in [3.05, 3.63) is 0 Å². The van der Waals surface area contributed by atoms with Crippen molar-refractivity contribution in [2.24, 2.45) is 4.99 Å². The summed E-state index contributed by atoms with van der Waals surface area (Å²) in [5, 5.41) is 6.71. The highest BCUT2D eigenvalue weighted by molar-refractivity contribution is 14.0. The minimum absolute atomic E-state index is 0. The van der Waals surface area contributed by atoms with E-state index in [9.17, 15) is 0 Å². The summed E-state index contributed by atoms with van der Waals surface area (Å²) in [6, 6.07) is 0.461. The number of nitrogens with one attached hydrogen (secondary N) is 2. The highest BCUT2D eigenvalue weighted by atomic mass is 127. The van der Waals surface area contributed by atoms with Gasteiger partial charge in [0, 0.05) is 38.8 Å². The quantitative estimate of drug-likeness (QED) is 0.342. The third kappa shape index (κ3) is 9.12. The lowest BCUT2D eigenvalue weighted by molar-refractivity contribution is 0.0220. The molecule has 1 saturated heterocycles. The summed E-state index contributed by atoms with van der Waals surface area (Å²) < 4.78 is 5.39. The van der Waals surface area contributed by atoms with Gasteiger partial charge >= 0.3 is 0 Å². The van der Waals surface area contributed by atoms with Crippen LogP contribution in [-0.2, 0) is 4.74 Å². The fraction of sp³-hybridized carbons (Fsp3) is 0.933. The third-order valence-electron chi connectivity index (χ3n) is 3.85. The molecular weight excluding hydrogens is 393 g/mol. The molecule has 2 N–H and O–H groups in total. The number of halogens is 1. The zero-order valence-corrected chi connectivity index (χ0v) is 16.9. The first-order valence-electron chi connectivity index (χ1n) is 8.19. The average molecular weight is 427 g/mol. The van der Waals surface area contributed by atoms with Crippen LogP contribution in [0.2, 0.25) is 0 Å². The van der Waals surface area contributed by atoms with E-state index >= 15 is 0 Å². The Bertz CT molecular complexity index is 298. The Morgan fingerprint density at radius 1 is 1.27 bits per heavy atom. The summed E-state index contributed by atoms with van der Waals surface area (Å²) in [6.07, 6.45) is 0. The Kier molecular flexibility index (Phi) is 13.3. The van der Waals surface area contributed by atoms with Gasteiger partial charge in [-0.25, -0.2) is 0 Å². The molecule has 1 aliphatic heterocycles. The number of aliphatic imine (C=N–C) groups is 1. The molecule has 0 saturated carbocycles. The monoisotopic (exact) mass is 427 g/mol. The predicted molar refractivity (Wildman–Crippen MR) is 104 cm³/mol. The number of likely N-dealkylation sites (N-methyl/N-ethyl adjacent to an activating group) is 1. The van der Waals surface area contributed by atoms with Crippen molar-refractivity contribution < 1.29 is 4.74 Å². The molecule has 0 aromatic carbocycles. The molecule has 0 aromatic rings. The molecule has 0 bridgehead atoms. The zero-order valence-electron chi connectivity index (χ0n) is 14.6. The molecule has 0 amide bonds. The lowest BCUT2D eigenvalue weighted by Gasteiger charge is -2.31. The summed E-state index contributed by atoms with van der Waals surface area (Å²) >= 11 is 0. The number of nitrogens with zero attached hydrogens (tertiary/aromatic N) is 3. The van der Waals surface area contributed by atoms with Gasteiger partial charge in [-0.3, -0.25) is 9.89 Å². The molecule has 1 rings (SSSR count). The van der Waals surface area contributed by atoms with Crippen molar-refractivity contribution >= 4 is 29.9 Å². The molecule has 7 heteroatoms. The summed E-state index contributed by atoms with van der Waals surface area (Å²) in [4.78, 5) is 9.44. The standard InChI is InChI=1S/C15H33N5O.HI/c1-5-16-15(17-7-8-19(4)6-2)18-13-14(3)20-9-11-21-12-10-20;/h14H,5-13H2,1-4H3,(H2,16,17,18);1H. The summed E-state index contributed by atoms with van der Waals surface area (Å²) in [5.74, 6) is 0.919. The van der Waals surface area contributed by atoms with Crippen LogP contribution in [0.3, 0.4) is 0 Å². The second-order valence-corrected chi connectivity index (χ2v) is 5.54. The van der Waals surface area contributed by atoms with Crippen LogP contribution in [0.15, 0.2) is 4.99 Å². The summed E-state index contributed by atoms with van der Waals surface area (Å²) in [7, 11) is 2.13. The van der Waals surface area contributed by atoms with Crippen molar-refractivity contribution in [1.29, 1.82) is 0 Å². The van der Waals surface area contributed by atoms with Crippen LogP contribution >= 0.6 is 24.0 Å². The van der Waals surface area contributed by atoms with E-state index in [-0.39, 0.29) is 24.0 Å². The average Bonchev–Trinajstić information content (AvgIpc) is 2.52. The molecule has 1 atom stereocenters. The maximum atomic E-state index is 5.39. The van der Waals surface area contributed by atoms with Gasteiger partial charge in [0.1, 0.15) is 0 Å². The van der Waals surface area contributed by atoms with Crippen molar-refractivity contribution in [3.8, 4) is 0 Å². The van der Waals surface area contributed by atoms with Gasteiger partial charge in [-0.05, 0) is 27.4 Å². The molecule has 1 fully saturated rings. The maximum absolute atomic E-state index is 5.39. The molecule has 0 spiro atoms. The van der Waals surface area contributed by atoms with E-state index in [4.69, 9.17) is 9.73 Å².